The summed E-state index contributed by atoms with van der Waals surface area (Å²) in [5.74, 6) is -0.235. The average Bonchev–Trinajstić information content (AvgIpc) is 2.97. The number of Topliss-reactive ketones (excluding diaryl/α,β-unsaturated/α-hetero) is 1. The summed E-state index contributed by atoms with van der Waals surface area (Å²) in [6.45, 7) is 4.29. The molecule has 32 heavy (non-hydrogen) atoms. The Bertz CT molecular complexity index is 1270. The van der Waals surface area contributed by atoms with Crippen LogP contribution in [-0.4, -0.2) is 11.7 Å². The van der Waals surface area contributed by atoms with Gasteiger partial charge >= 0.3 is 0 Å². The molecular formula is C26H23N3O3. The number of ether oxygens (including phenoxy) is 1. The monoisotopic (exact) mass is 425 g/mol. The largest absolute Gasteiger partial charge is 0.444 e. The second kappa shape index (κ2) is 6.83. The van der Waals surface area contributed by atoms with Gasteiger partial charge in [-0.2, -0.15) is 5.26 Å². The van der Waals surface area contributed by atoms with Crippen molar-refractivity contribution >= 4 is 17.4 Å². The number of nitrogens with zero attached hydrogens (tertiary/aromatic N) is 2. The van der Waals surface area contributed by atoms with E-state index in [1.165, 1.54) is 0 Å². The Balaban J connectivity index is 1.78. The molecular weight excluding hydrogens is 402 g/mol. The van der Waals surface area contributed by atoms with Gasteiger partial charge in [0.05, 0.1) is 12.1 Å². The van der Waals surface area contributed by atoms with Gasteiger partial charge in [-0.05, 0) is 17.0 Å². The number of carbonyl (C=O) groups excluding carboxylic acids is 2. The maximum absolute atomic E-state index is 14.3. The van der Waals surface area contributed by atoms with Crippen molar-refractivity contribution in [2.45, 2.75) is 38.6 Å². The molecule has 2 aromatic carbocycles. The van der Waals surface area contributed by atoms with Crippen molar-refractivity contribution in [3.05, 3.63) is 88.5 Å². The number of nitrogens with two attached hydrogens (primary N) is 1. The normalized spacial score (nSPS) is 23.7. The van der Waals surface area contributed by atoms with E-state index in [2.05, 4.69) is 6.07 Å². The lowest BCUT2D eigenvalue weighted by Crippen LogP contribution is -2.50. The molecule has 3 aliphatic rings. The summed E-state index contributed by atoms with van der Waals surface area (Å²) in [6.07, 6.45) is 0.729. The molecule has 0 bridgehead atoms. The van der Waals surface area contributed by atoms with Gasteiger partial charge in [-0.3, -0.25) is 9.59 Å². The summed E-state index contributed by atoms with van der Waals surface area (Å²) in [4.78, 5) is 29.4. The maximum atomic E-state index is 14.3. The maximum Gasteiger partial charge on any atom is 0.248 e. The first-order valence-electron chi connectivity index (χ1n) is 10.6. The zero-order valence-electron chi connectivity index (χ0n) is 18.0. The number of fused-ring (bicyclic) bond motifs is 3. The number of carbonyl (C=O) groups is 2. The minimum absolute atomic E-state index is 0.0164. The summed E-state index contributed by atoms with van der Waals surface area (Å²) < 4.78 is 5.83. The Hall–Kier alpha value is -3.85. The topological polar surface area (TPSA) is 96.4 Å². The van der Waals surface area contributed by atoms with E-state index in [0.29, 0.717) is 30.0 Å². The third kappa shape index (κ3) is 2.64. The summed E-state index contributed by atoms with van der Waals surface area (Å²) in [5, 5.41) is 10.1. The fraction of sp³-hybridized carbons (Fsp3) is 0.269. The highest BCUT2D eigenvalue weighted by atomic mass is 16.5. The van der Waals surface area contributed by atoms with Crippen LogP contribution in [0.3, 0.4) is 0 Å². The van der Waals surface area contributed by atoms with Gasteiger partial charge in [0.15, 0.2) is 5.78 Å². The van der Waals surface area contributed by atoms with Gasteiger partial charge in [0.1, 0.15) is 22.8 Å². The van der Waals surface area contributed by atoms with Crippen molar-refractivity contribution in [3.63, 3.8) is 0 Å². The predicted octanol–water partition coefficient (Wildman–Crippen LogP) is 3.84. The van der Waals surface area contributed by atoms with Gasteiger partial charge in [-0.25, -0.2) is 0 Å². The molecule has 1 spiro atoms. The Labute approximate surface area is 186 Å². The van der Waals surface area contributed by atoms with Crippen molar-refractivity contribution in [1.29, 1.82) is 5.26 Å². The molecule has 160 valence electrons. The molecule has 1 unspecified atom stereocenters. The van der Waals surface area contributed by atoms with Crippen LogP contribution in [0.25, 0.3) is 0 Å². The van der Waals surface area contributed by atoms with Crippen molar-refractivity contribution in [2.24, 2.45) is 11.1 Å². The number of para-hydroxylation sites is 1. The van der Waals surface area contributed by atoms with Gasteiger partial charge in [0.2, 0.25) is 11.8 Å². The highest BCUT2D eigenvalue weighted by Crippen LogP contribution is 2.57. The van der Waals surface area contributed by atoms with Gasteiger partial charge in [0.25, 0.3) is 0 Å². The highest BCUT2D eigenvalue weighted by molar-refractivity contribution is 6.20. The lowest BCUT2D eigenvalue weighted by atomic mass is 9.62. The number of hydrogen-bond donors (Lipinski definition) is 1. The zero-order valence-corrected chi connectivity index (χ0v) is 18.0. The van der Waals surface area contributed by atoms with E-state index in [1.807, 2.05) is 68.4 Å². The molecule has 1 amide bonds. The van der Waals surface area contributed by atoms with E-state index in [9.17, 15) is 14.9 Å². The molecule has 2 aliphatic heterocycles. The lowest BCUT2D eigenvalue weighted by molar-refractivity contribution is -0.125. The molecule has 2 aromatic rings. The lowest BCUT2D eigenvalue weighted by Gasteiger charge is -2.41. The van der Waals surface area contributed by atoms with Crippen LogP contribution in [0.2, 0.25) is 0 Å². The van der Waals surface area contributed by atoms with Crippen molar-refractivity contribution < 1.29 is 14.3 Å². The Kier molecular flexibility index (Phi) is 4.28. The number of amides is 1. The molecule has 1 atom stereocenters. The van der Waals surface area contributed by atoms with Crippen LogP contribution in [0.1, 0.15) is 37.8 Å². The van der Waals surface area contributed by atoms with Crippen LogP contribution >= 0.6 is 0 Å². The Morgan fingerprint density at radius 1 is 1.06 bits per heavy atom. The molecule has 2 heterocycles. The first-order chi connectivity index (χ1) is 15.3. The van der Waals surface area contributed by atoms with E-state index >= 15 is 0 Å². The second-order valence-corrected chi connectivity index (χ2v) is 9.34. The first kappa shape index (κ1) is 20.1. The predicted molar refractivity (Wildman–Crippen MR) is 119 cm³/mol. The minimum atomic E-state index is -1.58. The first-order valence-corrected chi connectivity index (χ1v) is 10.6. The number of hydrogen-bond acceptors (Lipinski definition) is 5. The Morgan fingerprint density at radius 2 is 1.75 bits per heavy atom. The fourth-order valence-corrected chi connectivity index (χ4v) is 5.26. The molecule has 0 aromatic heterocycles. The van der Waals surface area contributed by atoms with Crippen LogP contribution in [0, 0.1) is 16.7 Å². The second-order valence-electron chi connectivity index (χ2n) is 9.34. The summed E-state index contributed by atoms with van der Waals surface area (Å²) in [7, 11) is 0. The Morgan fingerprint density at radius 3 is 2.47 bits per heavy atom. The fourth-order valence-electron chi connectivity index (χ4n) is 5.26. The molecule has 0 fully saturated rings. The van der Waals surface area contributed by atoms with Gasteiger partial charge in [0, 0.05) is 24.1 Å². The van der Waals surface area contributed by atoms with Crippen LogP contribution in [0.4, 0.5) is 5.69 Å². The minimum Gasteiger partial charge on any atom is -0.444 e. The smallest absolute Gasteiger partial charge is 0.248 e. The third-order valence-electron chi connectivity index (χ3n) is 6.53. The molecule has 6 nitrogen and oxygen atoms in total. The average molecular weight is 425 g/mol. The van der Waals surface area contributed by atoms with Crippen LogP contribution in [0.5, 0.6) is 0 Å². The van der Waals surface area contributed by atoms with Gasteiger partial charge in [-0.1, -0.05) is 62.4 Å². The zero-order chi connectivity index (χ0) is 22.7. The molecule has 6 heteroatoms. The number of anilines is 1. The van der Waals surface area contributed by atoms with E-state index in [1.54, 1.807) is 4.90 Å². The molecule has 0 radical (unpaired) electrons. The molecule has 0 saturated carbocycles. The third-order valence-corrected chi connectivity index (χ3v) is 6.53. The van der Waals surface area contributed by atoms with E-state index in [0.717, 1.165) is 5.56 Å². The number of allylic oxidation sites excluding steroid dienone is 1. The van der Waals surface area contributed by atoms with Crippen molar-refractivity contribution in [1.82, 2.24) is 0 Å². The number of nitriles is 1. The van der Waals surface area contributed by atoms with Crippen LogP contribution < -0.4 is 10.6 Å². The SMILES string of the molecule is CC1(C)CC(=O)C2=C(C1)OC(N)=C(C#N)C21C(=O)N(Cc2ccccc2)c2ccccc21. The molecule has 5 rings (SSSR count). The van der Waals surface area contributed by atoms with E-state index < -0.39 is 5.41 Å². The molecule has 2 N–H and O–H groups in total. The van der Waals surface area contributed by atoms with Crippen LogP contribution in [-0.2, 0) is 26.3 Å². The van der Waals surface area contributed by atoms with Crippen LogP contribution in [0.15, 0.2) is 77.4 Å². The number of ketones is 1. The molecule has 1 aliphatic carbocycles. The summed E-state index contributed by atoms with van der Waals surface area (Å²) >= 11 is 0. The highest BCUT2D eigenvalue weighted by Gasteiger charge is 2.62. The summed E-state index contributed by atoms with van der Waals surface area (Å²) in [5.41, 5.74) is 6.78. The number of benzene rings is 2. The van der Waals surface area contributed by atoms with Gasteiger partial charge < -0.3 is 15.4 Å². The van der Waals surface area contributed by atoms with E-state index in [4.69, 9.17) is 10.5 Å². The molecule has 0 saturated heterocycles. The van der Waals surface area contributed by atoms with E-state index in [-0.39, 0.29) is 40.6 Å². The summed E-state index contributed by atoms with van der Waals surface area (Å²) in [6, 6.07) is 19.1. The van der Waals surface area contributed by atoms with Crippen molar-refractivity contribution in [3.8, 4) is 6.07 Å². The quantitative estimate of drug-likeness (QED) is 0.789. The van der Waals surface area contributed by atoms with Crippen molar-refractivity contribution in [2.75, 3.05) is 4.90 Å². The number of rotatable bonds is 2. The standard InChI is InChI=1S/C26H23N3O3/c1-25(2)12-20(30)22-21(13-25)32-23(28)18(14-27)26(22)17-10-6-7-11-19(17)29(24(26)31)15-16-8-4-3-5-9-16/h3-11H,12-13,15,28H2,1-2H3. The van der Waals surface area contributed by atoms with Gasteiger partial charge in [-0.15, -0.1) is 0 Å².